The van der Waals surface area contributed by atoms with E-state index in [4.69, 9.17) is 9.47 Å². The first kappa shape index (κ1) is 18.3. The fraction of sp³-hybridized carbons (Fsp3) is 0.263. The molecule has 0 aliphatic rings. The molecule has 0 saturated carbocycles. The minimum absolute atomic E-state index is 0.000952. The van der Waals surface area contributed by atoms with Crippen LogP contribution in [0.1, 0.15) is 34.6 Å². The van der Waals surface area contributed by atoms with E-state index in [1.54, 1.807) is 49.5 Å². The first-order chi connectivity index (χ1) is 11.9. The number of methoxy groups -OCH3 is 1. The summed E-state index contributed by atoms with van der Waals surface area (Å²) in [6.07, 6.45) is 0.000952. The number of rotatable bonds is 6. The summed E-state index contributed by atoms with van der Waals surface area (Å²) < 4.78 is 10.9. The lowest BCUT2D eigenvalue weighted by atomic mass is 10.1. The summed E-state index contributed by atoms with van der Waals surface area (Å²) in [4.78, 5) is 24.1. The molecule has 6 heteroatoms. The first-order valence-corrected chi connectivity index (χ1v) is 7.92. The Morgan fingerprint density at radius 1 is 0.960 bits per heavy atom. The number of ether oxygens (including phenoxy) is 2. The molecule has 2 N–H and O–H groups in total. The lowest BCUT2D eigenvalue weighted by Gasteiger charge is -2.14. The van der Waals surface area contributed by atoms with E-state index in [2.05, 4.69) is 10.6 Å². The maximum atomic E-state index is 12.5. The summed E-state index contributed by atoms with van der Waals surface area (Å²) in [5, 5.41) is 5.32. The maximum Gasteiger partial charge on any atom is 0.255 e. The van der Waals surface area contributed by atoms with Gasteiger partial charge >= 0.3 is 0 Å². The third kappa shape index (κ3) is 4.73. The minimum Gasteiger partial charge on any atom is -0.493 e. The summed E-state index contributed by atoms with van der Waals surface area (Å²) in [5.41, 5.74) is 1.43. The molecule has 0 bridgehead atoms. The van der Waals surface area contributed by atoms with Crippen LogP contribution in [0.25, 0.3) is 0 Å². The van der Waals surface area contributed by atoms with Crippen LogP contribution in [0.4, 0.5) is 5.69 Å². The fourth-order valence-corrected chi connectivity index (χ4v) is 2.25. The molecule has 0 aliphatic carbocycles. The van der Waals surface area contributed by atoms with Crippen molar-refractivity contribution in [2.24, 2.45) is 0 Å². The van der Waals surface area contributed by atoms with Crippen LogP contribution < -0.4 is 20.1 Å². The second kappa shape index (κ2) is 8.19. The molecule has 0 aromatic heterocycles. The Labute approximate surface area is 147 Å². The summed E-state index contributed by atoms with van der Waals surface area (Å²) >= 11 is 0. The highest BCUT2D eigenvalue weighted by Gasteiger charge is 2.13. The quantitative estimate of drug-likeness (QED) is 0.846. The molecule has 0 atom stereocenters. The van der Waals surface area contributed by atoms with Crippen LogP contribution in [0.5, 0.6) is 11.5 Å². The van der Waals surface area contributed by atoms with Crippen molar-refractivity contribution in [1.29, 1.82) is 0 Å². The molecule has 0 heterocycles. The molecule has 2 aromatic carbocycles. The number of nitrogens with one attached hydrogen (secondary N) is 2. The summed E-state index contributed by atoms with van der Waals surface area (Å²) in [6, 6.07) is 11.7. The van der Waals surface area contributed by atoms with Crippen LogP contribution in [-0.4, -0.2) is 32.1 Å². The van der Waals surface area contributed by atoms with E-state index in [0.29, 0.717) is 28.3 Å². The molecule has 2 aromatic rings. The van der Waals surface area contributed by atoms with E-state index in [-0.39, 0.29) is 17.9 Å². The summed E-state index contributed by atoms with van der Waals surface area (Å²) in [7, 11) is 3.08. The van der Waals surface area contributed by atoms with Crippen molar-refractivity contribution in [3.8, 4) is 11.5 Å². The van der Waals surface area contributed by atoms with Gasteiger partial charge in [0.05, 0.1) is 13.2 Å². The highest BCUT2D eigenvalue weighted by molar-refractivity contribution is 6.05. The molecule has 2 amide bonds. The average Bonchev–Trinajstić information content (AvgIpc) is 2.61. The number of benzene rings is 2. The third-order valence-electron chi connectivity index (χ3n) is 3.40. The standard InChI is InChI=1S/C19H22N2O4/c1-12(2)25-16-9-8-14(11-17(16)24-4)19(23)21-15-7-5-6-13(10-15)18(22)20-3/h5-12H,1-4H3,(H,20,22)(H,21,23). The molecule has 2 rings (SSSR count). The second-order valence-corrected chi connectivity index (χ2v) is 5.65. The van der Waals surface area contributed by atoms with Gasteiger partial charge in [-0.3, -0.25) is 9.59 Å². The van der Waals surface area contributed by atoms with Gasteiger partial charge in [-0.2, -0.15) is 0 Å². The second-order valence-electron chi connectivity index (χ2n) is 5.65. The van der Waals surface area contributed by atoms with Crippen LogP contribution in [0, 0.1) is 0 Å². The Morgan fingerprint density at radius 2 is 1.68 bits per heavy atom. The van der Waals surface area contributed by atoms with E-state index < -0.39 is 0 Å². The smallest absolute Gasteiger partial charge is 0.255 e. The van der Waals surface area contributed by atoms with Gasteiger partial charge in [0.15, 0.2) is 11.5 Å². The van der Waals surface area contributed by atoms with E-state index in [0.717, 1.165) is 0 Å². The predicted octanol–water partition coefficient (Wildman–Crippen LogP) is 3.09. The lowest BCUT2D eigenvalue weighted by Crippen LogP contribution is -2.18. The molecular weight excluding hydrogens is 320 g/mol. The van der Waals surface area contributed by atoms with Gasteiger partial charge < -0.3 is 20.1 Å². The molecule has 132 valence electrons. The van der Waals surface area contributed by atoms with E-state index in [1.165, 1.54) is 7.11 Å². The van der Waals surface area contributed by atoms with Crippen molar-refractivity contribution in [2.45, 2.75) is 20.0 Å². The Hall–Kier alpha value is -3.02. The Morgan fingerprint density at radius 3 is 2.32 bits per heavy atom. The monoisotopic (exact) mass is 342 g/mol. The number of carbonyl (C=O) groups is 2. The molecule has 0 spiro atoms. The van der Waals surface area contributed by atoms with Gasteiger partial charge in [-0.05, 0) is 50.2 Å². The molecular formula is C19H22N2O4. The van der Waals surface area contributed by atoms with E-state index >= 15 is 0 Å². The number of carbonyl (C=O) groups excluding carboxylic acids is 2. The predicted molar refractivity (Wildman–Crippen MR) is 96.5 cm³/mol. The zero-order chi connectivity index (χ0) is 18.4. The molecule has 0 aliphatic heterocycles. The van der Waals surface area contributed by atoms with Crippen molar-refractivity contribution in [3.05, 3.63) is 53.6 Å². The molecule has 0 unspecified atom stereocenters. The van der Waals surface area contributed by atoms with Gasteiger partial charge in [-0.1, -0.05) is 6.07 Å². The molecule has 25 heavy (non-hydrogen) atoms. The van der Waals surface area contributed by atoms with Gasteiger partial charge in [0, 0.05) is 23.9 Å². The zero-order valence-electron chi connectivity index (χ0n) is 14.8. The number of hydrogen-bond donors (Lipinski definition) is 2. The molecule has 0 saturated heterocycles. The first-order valence-electron chi connectivity index (χ1n) is 7.92. The van der Waals surface area contributed by atoms with Crippen molar-refractivity contribution < 1.29 is 19.1 Å². The Balaban J connectivity index is 2.19. The number of amides is 2. The number of hydrogen-bond acceptors (Lipinski definition) is 4. The average molecular weight is 342 g/mol. The largest absolute Gasteiger partial charge is 0.493 e. The van der Waals surface area contributed by atoms with Crippen molar-refractivity contribution >= 4 is 17.5 Å². The zero-order valence-corrected chi connectivity index (χ0v) is 14.8. The van der Waals surface area contributed by atoms with Gasteiger partial charge in [0.25, 0.3) is 11.8 Å². The minimum atomic E-state index is -0.302. The molecule has 0 fully saturated rings. The fourth-order valence-electron chi connectivity index (χ4n) is 2.25. The highest BCUT2D eigenvalue weighted by Crippen LogP contribution is 2.29. The number of anilines is 1. The lowest BCUT2D eigenvalue weighted by molar-refractivity contribution is 0.0961. The Kier molecular flexibility index (Phi) is 6.00. The summed E-state index contributed by atoms with van der Waals surface area (Å²) in [6.45, 7) is 3.83. The molecule has 0 radical (unpaired) electrons. The van der Waals surface area contributed by atoms with E-state index in [1.807, 2.05) is 13.8 Å². The summed E-state index contributed by atoms with van der Waals surface area (Å²) in [5.74, 6) is 0.549. The maximum absolute atomic E-state index is 12.5. The molecule has 6 nitrogen and oxygen atoms in total. The van der Waals surface area contributed by atoms with Crippen LogP contribution in [0.2, 0.25) is 0 Å². The van der Waals surface area contributed by atoms with E-state index in [9.17, 15) is 9.59 Å². The normalized spacial score (nSPS) is 10.3. The van der Waals surface area contributed by atoms with Crippen molar-refractivity contribution in [3.63, 3.8) is 0 Å². The third-order valence-corrected chi connectivity index (χ3v) is 3.40. The van der Waals surface area contributed by atoms with Crippen molar-refractivity contribution in [1.82, 2.24) is 5.32 Å². The van der Waals surface area contributed by atoms with Crippen LogP contribution in [-0.2, 0) is 0 Å². The van der Waals surface area contributed by atoms with Crippen LogP contribution in [0.3, 0.4) is 0 Å². The van der Waals surface area contributed by atoms with Crippen LogP contribution >= 0.6 is 0 Å². The van der Waals surface area contributed by atoms with Crippen molar-refractivity contribution in [2.75, 3.05) is 19.5 Å². The van der Waals surface area contributed by atoms with Gasteiger partial charge in [-0.15, -0.1) is 0 Å². The van der Waals surface area contributed by atoms with Gasteiger partial charge in [0.2, 0.25) is 0 Å². The van der Waals surface area contributed by atoms with Gasteiger partial charge in [0.1, 0.15) is 0 Å². The highest BCUT2D eigenvalue weighted by atomic mass is 16.5. The SMILES string of the molecule is CNC(=O)c1cccc(NC(=O)c2ccc(OC(C)C)c(OC)c2)c1. The van der Waals surface area contributed by atoms with Crippen LogP contribution in [0.15, 0.2) is 42.5 Å². The Bertz CT molecular complexity index is 772. The topological polar surface area (TPSA) is 76.7 Å². The van der Waals surface area contributed by atoms with Gasteiger partial charge in [-0.25, -0.2) is 0 Å².